The Kier molecular flexibility index (Phi) is 4.70. The van der Waals surface area contributed by atoms with E-state index < -0.39 is 6.10 Å². The molecule has 0 aliphatic carbocycles. The van der Waals surface area contributed by atoms with E-state index >= 15 is 0 Å². The molecule has 22 heavy (non-hydrogen) atoms. The normalized spacial score (nSPS) is 24.2. The van der Waals surface area contributed by atoms with Crippen LogP contribution in [0.5, 0.6) is 5.75 Å². The minimum absolute atomic E-state index is 0.0262. The summed E-state index contributed by atoms with van der Waals surface area (Å²) in [4.78, 5) is 14.4. The average molecular weight is 369 g/mol. The zero-order chi connectivity index (χ0) is 15.7. The smallest absolute Gasteiger partial charge is 0.223 e. The standard InChI is InChI=1S/C16H21BrN2O3/c1-22-15-3-2-13(17)11-4-5-19(9-12(11)15)16(21)6-10-7-18-8-14(10)20/h2-3,10,14,18,20H,4-9H2,1H3/t10-,14-/m1/s1. The minimum atomic E-state index is -0.412. The fourth-order valence-electron chi connectivity index (χ4n) is 3.29. The minimum Gasteiger partial charge on any atom is -0.496 e. The SMILES string of the molecule is COc1ccc(Br)c2c1CN(C(=O)C[C@@H]1CNC[C@H]1O)CC2. The van der Waals surface area contributed by atoms with Gasteiger partial charge in [-0.25, -0.2) is 0 Å². The van der Waals surface area contributed by atoms with Crippen LogP contribution in [-0.4, -0.2) is 48.8 Å². The van der Waals surface area contributed by atoms with E-state index in [1.54, 1.807) is 7.11 Å². The van der Waals surface area contributed by atoms with Crippen LogP contribution in [0.2, 0.25) is 0 Å². The van der Waals surface area contributed by atoms with Crippen LogP contribution in [0, 0.1) is 5.92 Å². The lowest BCUT2D eigenvalue weighted by atomic mass is 9.96. The first-order valence-electron chi connectivity index (χ1n) is 7.61. The summed E-state index contributed by atoms with van der Waals surface area (Å²) in [7, 11) is 1.66. The molecule has 0 unspecified atom stereocenters. The molecule has 0 saturated carbocycles. The second kappa shape index (κ2) is 6.56. The first-order chi connectivity index (χ1) is 10.6. The Balaban J connectivity index is 1.73. The summed E-state index contributed by atoms with van der Waals surface area (Å²) in [6, 6.07) is 3.93. The molecule has 2 atom stereocenters. The number of aliphatic hydroxyl groups excluding tert-OH is 1. The highest BCUT2D eigenvalue weighted by molar-refractivity contribution is 9.10. The summed E-state index contributed by atoms with van der Waals surface area (Å²) in [5.74, 6) is 0.969. The largest absolute Gasteiger partial charge is 0.496 e. The highest BCUT2D eigenvalue weighted by atomic mass is 79.9. The third-order valence-corrected chi connectivity index (χ3v) is 5.37. The third-order valence-electron chi connectivity index (χ3n) is 4.63. The predicted octanol–water partition coefficient (Wildman–Crippen LogP) is 1.31. The number of amides is 1. The number of fused-ring (bicyclic) bond motifs is 1. The summed E-state index contributed by atoms with van der Waals surface area (Å²) < 4.78 is 6.51. The van der Waals surface area contributed by atoms with Crippen molar-refractivity contribution in [2.24, 2.45) is 5.92 Å². The Morgan fingerprint density at radius 1 is 1.45 bits per heavy atom. The van der Waals surface area contributed by atoms with Gasteiger partial charge in [0.15, 0.2) is 0 Å². The Hall–Kier alpha value is -1.11. The number of aliphatic hydroxyl groups is 1. The molecule has 0 radical (unpaired) electrons. The molecule has 6 heteroatoms. The van der Waals surface area contributed by atoms with Gasteiger partial charge in [0.05, 0.1) is 13.2 Å². The number of carbonyl (C=O) groups is 1. The van der Waals surface area contributed by atoms with Crippen LogP contribution in [0.25, 0.3) is 0 Å². The monoisotopic (exact) mass is 368 g/mol. The van der Waals surface area contributed by atoms with Crippen molar-refractivity contribution >= 4 is 21.8 Å². The van der Waals surface area contributed by atoms with E-state index in [-0.39, 0.29) is 11.8 Å². The number of hydrogen-bond acceptors (Lipinski definition) is 4. The maximum absolute atomic E-state index is 12.5. The van der Waals surface area contributed by atoms with E-state index in [2.05, 4.69) is 21.2 Å². The molecule has 1 saturated heterocycles. The lowest BCUT2D eigenvalue weighted by Gasteiger charge is -2.31. The molecule has 2 aliphatic rings. The van der Waals surface area contributed by atoms with E-state index in [9.17, 15) is 9.90 Å². The van der Waals surface area contributed by atoms with Gasteiger partial charge < -0.3 is 20.1 Å². The van der Waals surface area contributed by atoms with Crippen molar-refractivity contribution in [1.29, 1.82) is 0 Å². The van der Waals surface area contributed by atoms with Crippen molar-refractivity contribution in [1.82, 2.24) is 10.2 Å². The molecule has 1 fully saturated rings. The van der Waals surface area contributed by atoms with Crippen LogP contribution in [0.3, 0.4) is 0 Å². The highest BCUT2D eigenvalue weighted by Crippen LogP contribution is 2.33. The second-order valence-corrected chi connectivity index (χ2v) is 6.82. The van der Waals surface area contributed by atoms with Gasteiger partial charge in [0, 0.05) is 48.6 Å². The van der Waals surface area contributed by atoms with Crippen molar-refractivity contribution in [2.45, 2.75) is 25.5 Å². The lowest BCUT2D eigenvalue weighted by Crippen LogP contribution is -2.38. The summed E-state index contributed by atoms with van der Waals surface area (Å²) >= 11 is 3.58. The van der Waals surface area contributed by atoms with E-state index in [1.165, 1.54) is 5.56 Å². The first kappa shape index (κ1) is 15.8. The number of carbonyl (C=O) groups excluding carboxylic acids is 1. The van der Waals surface area contributed by atoms with Crippen LogP contribution in [0.1, 0.15) is 17.5 Å². The molecular formula is C16H21BrN2O3. The Labute approximate surface area is 138 Å². The molecule has 120 valence electrons. The maximum Gasteiger partial charge on any atom is 0.223 e. The van der Waals surface area contributed by atoms with Crippen LogP contribution >= 0.6 is 15.9 Å². The van der Waals surface area contributed by atoms with Gasteiger partial charge in [-0.1, -0.05) is 15.9 Å². The van der Waals surface area contributed by atoms with Gasteiger partial charge >= 0.3 is 0 Å². The van der Waals surface area contributed by atoms with Crippen molar-refractivity contribution in [3.63, 3.8) is 0 Å². The van der Waals surface area contributed by atoms with Crippen LogP contribution in [0.15, 0.2) is 16.6 Å². The summed E-state index contributed by atoms with van der Waals surface area (Å²) in [5, 5.41) is 13.0. The summed E-state index contributed by atoms with van der Waals surface area (Å²) in [5.41, 5.74) is 2.31. The number of ether oxygens (including phenoxy) is 1. The van der Waals surface area contributed by atoms with E-state index in [1.807, 2.05) is 17.0 Å². The Bertz CT molecular complexity index is 579. The maximum atomic E-state index is 12.5. The van der Waals surface area contributed by atoms with Crippen molar-refractivity contribution < 1.29 is 14.6 Å². The predicted molar refractivity (Wildman–Crippen MR) is 86.8 cm³/mol. The zero-order valence-electron chi connectivity index (χ0n) is 12.6. The van der Waals surface area contributed by atoms with E-state index in [0.29, 0.717) is 32.6 Å². The van der Waals surface area contributed by atoms with Crippen LogP contribution < -0.4 is 10.1 Å². The summed E-state index contributed by atoms with van der Waals surface area (Å²) in [6.07, 6.45) is 0.814. The Morgan fingerprint density at radius 3 is 2.95 bits per heavy atom. The molecule has 0 spiro atoms. The quantitative estimate of drug-likeness (QED) is 0.844. The average Bonchev–Trinajstić information content (AvgIpc) is 2.92. The van der Waals surface area contributed by atoms with Crippen molar-refractivity contribution in [3.8, 4) is 5.75 Å². The number of nitrogens with one attached hydrogen (secondary N) is 1. The van der Waals surface area contributed by atoms with Gasteiger partial charge in [-0.3, -0.25) is 4.79 Å². The van der Waals surface area contributed by atoms with Crippen molar-refractivity contribution in [3.05, 3.63) is 27.7 Å². The van der Waals surface area contributed by atoms with Gasteiger partial charge in [0.1, 0.15) is 5.75 Å². The Morgan fingerprint density at radius 2 is 2.27 bits per heavy atom. The highest BCUT2D eigenvalue weighted by Gasteiger charge is 2.31. The van der Waals surface area contributed by atoms with Gasteiger partial charge in [0.25, 0.3) is 0 Å². The van der Waals surface area contributed by atoms with Crippen LogP contribution in [0.4, 0.5) is 0 Å². The molecule has 5 nitrogen and oxygen atoms in total. The molecule has 2 heterocycles. The topological polar surface area (TPSA) is 61.8 Å². The first-order valence-corrected chi connectivity index (χ1v) is 8.40. The molecule has 2 N–H and O–H groups in total. The second-order valence-electron chi connectivity index (χ2n) is 5.96. The fraction of sp³-hybridized carbons (Fsp3) is 0.562. The number of methoxy groups -OCH3 is 1. The van der Waals surface area contributed by atoms with Gasteiger partial charge in [0.2, 0.25) is 5.91 Å². The molecular weight excluding hydrogens is 348 g/mol. The number of nitrogens with zero attached hydrogens (tertiary/aromatic N) is 1. The number of rotatable bonds is 3. The molecule has 1 aromatic rings. The van der Waals surface area contributed by atoms with Gasteiger partial charge in [-0.15, -0.1) is 0 Å². The molecule has 1 aromatic carbocycles. The number of halogens is 1. The summed E-state index contributed by atoms with van der Waals surface area (Å²) in [6.45, 7) is 2.59. The molecule has 1 amide bonds. The number of benzene rings is 1. The lowest BCUT2D eigenvalue weighted by molar-refractivity contribution is -0.133. The van der Waals surface area contributed by atoms with E-state index in [0.717, 1.165) is 22.2 Å². The van der Waals surface area contributed by atoms with Crippen molar-refractivity contribution in [2.75, 3.05) is 26.7 Å². The van der Waals surface area contributed by atoms with Crippen LogP contribution in [-0.2, 0) is 17.8 Å². The fourth-order valence-corrected chi connectivity index (χ4v) is 3.86. The zero-order valence-corrected chi connectivity index (χ0v) is 14.2. The molecule has 0 aromatic heterocycles. The van der Waals surface area contributed by atoms with Gasteiger partial charge in [-0.05, 0) is 24.1 Å². The third kappa shape index (κ3) is 3.00. The van der Waals surface area contributed by atoms with E-state index in [4.69, 9.17) is 4.74 Å². The molecule has 0 bridgehead atoms. The molecule has 2 aliphatic heterocycles. The van der Waals surface area contributed by atoms with Gasteiger partial charge in [-0.2, -0.15) is 0 Å². The molecule has 3 rings (SSSR count). The number of hydrogen-bond donors (Lipinski definition) is 2. The number of β-amino-alcohol motifs (C(OH)–C–C–N with tert-alkyl or cyclic N) is 1.